The topological polar surface area (TPSA) is 105 Å². The molecule has 0 radical (unpaired) electrons. The number of esters is 1. The molecule has 2 N–H and O–H groups in total. The first kappa shape index (κ1) is 19.4. The number of anilines is 1. The van der Waals surface area contributed by atoms with Gasteiger partial charge in [0.1, 0.15) is 11.4 Å². The molecule has 0 aliphatic carbocycles. The summed E-state index contributed by atoms with van der Waals surface area (Å²) in [6.07, 6.45) is 0.146. The van der Waals surface area contributed by atoms with E-state index in [1.54, 1.807) is 19.9 Å². The van der Waals surface area contributed by atoms with Gasteiger partial charge in [-0.15, -0.1) is 0 Å². The van der Waals surface area contributed by atoms with E-state index in [9.17, 15) is 23.6 Å². The number of amides is 4. The van der Waals surface area contributed by atoms with Crippen LogP contribution in [-0.2, 0) is 19.1 Å². The van der Waals surface area contributed by atoms with Crippen LogP contribution in [0.3, 0.4) is 0 Å². The first-order chi connectivity index (χ1) is 12.2. The van der Waals surface area contributed by atoms with Gasteiger partial charge in [-0.05, 0) is 32.4 Å². The molecule has 140 valence electrons. The summed E-state index contributed by atoms with van der Waals surface area (Å²) in [5.41, 5.74) is -0.961. The van der Waals surface area contributed by atoms with Crippen molar-refractivity contribution in [2.24, 2.45) is 0 Å². The van der Waals surface area contributed by atoms with E-state index in [1.165, 1.54) is 18.2 Å². The van der Waals surface area contributed by atoms with Crippen LogP contribution in [-0.4, -0.2) is 47.4 Å². The molecule has 0 spiro atoms. The fourth-order valence-corrected chi connectivity index (χ4v) is 2.37. The number of rotatable bonds is 7. The van der Waals surface area contributed by atoms with Gasteiger partial charge in [-0.25, -0.2) is 9.18 Å². The molecule has 1 saturated heterocycles. The Morgan fingerprint density at radius 3 is 2.58 bits per heavy atom. The van der Waals surface area contributed by atoms with Crippen molar-refractivity contribution in [1.29, 1.82) is 0 Å². The maximum absolute atomic E-state index is 13.4. The maximum atomic E-state index is 13.4. The fraction of sp³-hybridized carbons (Fsp3) is 0.412. The van der Waals surface area contributed by atoms with Crippen LogP contribution >= 0.6 is 0 Å². The third-order valence-electron chi connectivity index (χ3n) is 3.72. The van der Waals surface area contributed by atoms with Crippen LogP contribution in [0.2, 0.25) is 0 Å². The first-order valence-corrected chi connectivity index (χ1v) is 8.05. The molecule has 0 atom stereocenters. The van der Waals surface area contributed by atoms with Gasteiger partial charge >= 0.3 is 12.0 Å². The van der Waals surface area contributed by atoms with Gasteiger partial charge in [0, 0.05) is 13.0 Å². The van der Waals surface area contributed by atoms with Gasteiger partial charge in [-0.1, -0.05) is 12.1 Å². The number of imide groups is 1. The second kappa shape index (κ2) is 7.94. The standard InChI is InChI=1S/C17H20FN3O5/c1-17(2)15(24)21(16(25)20-17)9-5-8-14(23)26-10-13(22)19-12-7-4-3-6-11(12)18/h3-4,6-7H,5,8-10H2,1-2H3,(H,19,22)(H,20,25). The molecule has 4 amide bonds. The Labute approximate surface area is 149 Å². The molecule has 1 aromatic carbocycles. The number of halogens is 1. The summed E-state index contributed by atoms with van der Waals surface area (Å²) in [5.74, 6) is -2.27. The lowest BCUT2D eigenvalue weighted by Gasteiger charge is -2.15. The van der Waals surface area contributed by atoms with Crippen molar-refractivity contribution in [3.8, 4) is 0 Å². The highest BCUT2D eigenvalue weighted by molar-refractivity contribution is 6.06. The quantitative estimate of drug-likeness (QED) is 0.562. The number of ether oxygens (including phenoxy) is 1. The molecular weight excluding hydrogens is 345 g/mol. The van der Waals surface area contributed by atoms with Crippen molar-refractivity contribution >= 4 is 29.5 Å². The second-order valence-electron chi connectivity index (χ2n) is 6.30. The lowest BCUT2D eigenvalue weighted by Crippen LogP contribution is -2.40. The molecule has 1 aliphatic rings. The third-order valence-corrected chi connectivity index (χ3v) is 3.72. The number of urea groups is 1. The van der Waals surface area contributed by atoms with Crippen LogP contribution in [0.4, 0.5) is 14.9 Å². The van der Waals surface area contributed by atoms with Gasteiger partial charge in [0.15, 0.2) is 6.61 Å². The molecular formula is C17H20FN3O5. The number of nitrogens with zero attached hydrogens (tertiary/aromatic N) is 1. The minimum absolute atomic E-state index is 0.00489. The van der Waals surface area contributed by atoms with E-state index >= 15 is 0 Å². The highest BCUT2D eigenvalue weighted by Gasteiger charge is 2.43. The number of hydrogen-bond donors (Lipinski definition) is 2. The summed E-state index contributed by atoms with van der Waals surface area (Å²) in [6, 6.07) is 5.12. The van der Waals surface area contributed by atoms with Gasteiger partial charge < -0.3 is 15.4 Å². The molecule has 1 aliphatic heterocycles. The Bertz CT molecular complexity index is 735. The third kappa shape index (κ3) is 4.78. The Morgan fingerprint density at radius 2 is 1.96 bits per heavy atom. The lowest BCUT2D eigenvalue weighted by atomic mass is 10.1. The molecule has 8 nitrogen and oxygen atoms in total. The average molecular weight is 365 g/mol. The van der Waals surface area contributed by atoms with Gasteiger partial charge in [0.2, 0.25) is 0 Å². The molecule has 0 unspecified atom stereocenters. The maximum Gasteiger partial charge on any atom is 0.325 e. The number of benzene rings is 1. The molecule has 1 fully saturated rings. The van der Waals surface area contributed by atoms with Crippen molar-refractivity contribution in [3.63, 3.8) is 0 Å². The van der Waals surface area contributed by atoms with Crippen LogP contribution in [0, 0.1) is 5.82 Å². The molecule has 1 heterocycles. The second-order valence-corrected chi connectivity index (χ2v) is 6.30. The Kier molecular flexibility index (Phi) is 5.91. The van der Waals surface area contributed by atoms with E-state index < -0.39 is 35.9 Å². The highest BCUT2D eigenvalue weighted by atomic mass is 19.1. The Hall–Kier alpha value is -2.97. The minimum atomic E-state index is -0.956. The summed E-state index contributed by atoms with van der Waals surface area (Å²) in [7, 11) is 0. The predicted molar refractivity (Wildman–Crippen MR) is 89.5 cm³/mol. The number of nitrogens with one attached hydrogen (secondary N) is 2. The van der Waals surface area contributed by atoms with Crippen LogP contribution in [0.25, 0.3) is 0 Å². The molecule has 0 bridgehead atoms. The molecule has 26 heavy (non-hydrogen) atoms. The monoisotopic (exact) mass is 365 g/mol. The molecule has 0 aromatic heterocycles. The van der Waals surface area contributed by atoms with E-state index in [0.29, 0.717) is 0 Å². The predicted octanol–water partition coefficient (Wildman–Crippen LogP) is 1.42. The summed E-state index contributed by atoms with van der Waals surface area (Å²) < 4.78 is 18.2. The van der Waals surface area contributed by atoms with E-state index in [2.05, 4.69) is 10.6 Å². The van der Waals surface area contributed by atoms with Crippen LogP contribution in [0.5, 0.6) is 0 Å². The fourth-order valence-electron chi connectivity index (χ4n) is 2.37. The summed E-state index contributed by atoms with van der Waals surface area (Å²) in [5, 5.41) is 4.83. The van der Waals surface area contributed by atoms with Gasteiger partial charge in [0.25, 0.3) is 11.8 Å². The van der Waals surface area contributed by atoms with Gasteiger partial charge in [-0.2, -0.15) is 0 Å². The molecule has 9 heteroatoms. The number of hydrogen-bond acceptors (Lipinski definition) is 5. The summed E-state index contributed by atoms with van der Waals surface area (Å²) in [4.78, 5) is 48.0. The van der Waals surface area contributed by atoms with Crippen molar-refractivity contribution in [2.75, 3.05) is 18.5 Å². The summed E-state index contributed by atoms with van der Waals surface area (Å²) >= 11 is 0. The zero-order valence-electron chi connectivity index (χ0n) is 14.5. The number of para-hydroxylation sites is 1. The molecule has 0 saturated carbocycles. The van der Waals surface area contributed by atoms with Crippen LogP contribution in [0.1, 0.15) is 26.7 Å². The van der Waals surface area contributed by atoms with Crippen molar-refractivity contribution in [1.82, 2.24) is 10.2 Å². The van der Waals surface area contributed by atoms with Gasteiger partial charge in [0.05, 0.1) is 5.69 Å². The zero-order chi connectivity index (χ0) is 19.3. The Morgan fingerprint density at radius 1 is 1.27 bits per heavy atom. The van der Waals surface area contributed by atoms with E-state index in [4.69, 9.17) is 4.74 Å². The van der Waals surface area contributed by atoms with Crippen molar-refractivity contribution in [2.45, 2.75) is 32.2 Å². The smallest absolute Gasteiger partial charge is 0.325 e. The number of carbonyl (C=O) groups is 4. The van der Waals surface area contributed by atoms with Crippen LogP contribution < -0.4 is 10.6 Å². The van der Waals surface area contributed by atoms with E-state index in [1.807, 2.05) is 0 Å². The van der Waals surface area contributed by atoms with Crippen molar-refractivity contribution < 1.29 is 28.3 Å². The zero-order valence-corrected chi connectivity index (χ0v) is 14.5. The first-order valence-electron chi connectivity index (χ1n) is 8.05. The largest absolute Gasteiger partial charge is 0.456 e. The lowest BCUT2D eigenvalue weighted by molar-refractivity contribution is -0.147. The highest BCUT2D eigenvalue weighted by Crippen LogP contribution is 2.17. The SMILES string of the molecule is CC1(C)NC(=O)N(CCCC(=O)OCC(=O)Nc2ccccc2F)C1=O. The van der Waals surface area contributed by atoms with Crippen LogP contribution in [0.15, 0.2) is 24.3 Å². The van der Waals surface area contributed by atoms with E-state index in [-0.39, 0.29) is 31.0 Å². The van der Waals surface area contributed by atoms with Gasteiger partial charge in [-0.3, -0.25) is 19.3 Å². The molecule has 2 rings (SSSR count). The Balaban J connectivity index is 1.69. The minimum Gasteiger partial charge on any atom is -0.456 e. The molecule has 1 aromatic rings. The number of carbonyl (C=O) groups excluding carboxylic acids is 4. The summed E-state index contributed by atoms with van der Waals surface area (Å²) in [6.45, 7) is 2.71. The van der Waals surface area contributed by atoms with Crippen molar-refractivity contribution in [3.05, 3.63) is 30.1 Å². The van der Waals surface area contributed by atoms with E-state index in [0.717, 1.165) is 4.90 Å². The average Bonchev–Trinajstić information content (AvgIpc) is 2.76. The normalized spacial score (nSPS) is 15.6.